The average molecular weight is 192 g/mol. The number of hydrogen-bond acceptors (Lipinski definition) is 2. The Balaban J connectivity index is 2.65. The van der Waals surface area contributed by atoms with Crippen LogP contribution in [0, 0.1) is 0 Å². The van der Waals surface area contributed by atoms with Crippen LogP contribution in [0.25, 0.3) is 0 Å². The fourth-order valence-corrected chi connectivity index (χ4v) is 1.53. The molecule has 0 bridgehead atoms. The minimum absolute atomic E-state index is 1.02. The van der Waals surface area contributed by atoms with Crippen LogP contribution in [0.15, 0.2) is 18.3 Å². The molecule has 0 amide bonds. The summed E-state index contributed by atoms with van der Waals surface area (Å²) in [6.07, 6.45) is 2.93. The Morgan fingerprint density at radius 2 is 1.93 bits per heavy atom. The summed E-state index contributed by atoms with van der Waals surface area (Å²) >= 11 is 0. The smallest absolute Gasteiger partial charge is 0.0404 e. The lowest BCUT2D eigenvalue weighted by molar-refractivity contribution is 0.295. The maximum absolute atomic E-state index is 4.30. The van der Waals surface area contributed by atoms with Gasteiger partial charge in [0.2, 0.25) is 0 Å². The van der Waals surface area contributed by atoms with Crippen molar-refractivity contribution in [1.82, 2.24) is 9.88 Å². The van der Waals surface area contributed by atoms with Crippen LogP contribution in [0.2, 0.25) is 0 Å². The molecule has 0 aromatic carbocycles. The van der Waals surface area contributed by atoms with Gasteiger partial charge in [0, 0.05) is 18.4 Å². The zero-order chi connectivity index (χ0) is 10.4. The first-order valence-electron chi connectivity index (χ1n) is 5.46. The summed E-state index contributed by atoms with van der Waals surface area (Å²) in [6, 6.07) is 4.32. The molecule has 0 aliphatic heterocycles. The van der Waals surface area contributed by atoms with E-state index < -0.39 is 0 Å². The van der Waals surface area contributed by atoms with Gasteiger partial charge in [-0.05, 0) is 37.2 Å². The predicted molar refractivity (Wildman–Crippen MR) is 60.2 cm³/mol. The molecule has 0 saturated carbocycles. The van der Waals surface area contributed by atoms with Gasteiger partial charge in [-0.25, -0.2) is 0 Å². The highest BCUT2D eigenvalue weighted by atomic mass is 15.1. The van der Waals surface area contributed by atoms with E-state index in [1.807, 2.05) is 6.20 Å². The highest BCUT2D eigenvalue weighted by molar-refractivity contribution is 5.16. The molecule has 0 aliphatic carbocycles. The van der Waals surface area contributed by atoms with Crippen LogP contribution in [0.4, 0.5) is 0 Å². The summed E-state index contributed by atoms with van der Waals surface area (Å²) < 4.78 is 0. The number of aromatic nitrogens is 1. The Morgan fingerprint density at radius 3 is 2.50 bits per heavy atom. The lowest BCUT2D eigenvalue weighted by atomic mass is 10.2. The molecule has 0 unspecified atom stereocenters. The highest BCUT2D eigenvalue weighted by Crippen LogP contribution is 2.06. The second kappa shape index (κ2) is 5.76. The molecular weight excluding hydrogens is 172 g/mol. The van der Waals surface area contributed by atoms with Gasteiger partial charge in [0.25, 0.3) is 0 Å². The summed E-state index contributed by atoms with van der Waals surface area (Å²) in [5.74, 6) is 0. The van der Waals surface area contributed by atoms with Crippen molar-refractivity contribution in [2.75, 3.05) is 13.1 Å². The van der Waals surface area contributed by atoms with Gasteiger partial charge in [0.15, 0.2) is 0 Å². The monoisotopic (exact) mass is 192 g/mol. The van der Waals surface area contributed by atoms with E-state index in [4.69, 9.17) is 0 Å². The first kappa shape index (κ1) is 11.2. The van der Waals surface area contributed by atoms with Gasteiger partial charge in [-0.3, -0.25) is 9.88 Å². The molecule has 0 aliphatic rings. The van der Waals surface area contributed by atoms with Gasteiger partial charge < -0.3 is 0 Å². The molecule has 1 aromatic heterocycles. The Hall–Kier alpha value is -0.890. The van der Waals surface area contributed by atoms with Crippen LogP contribution in [0.5, 0.6) is 0 Å². The second-order valence-corrected chi connectivity index (χ2v) is 3.47. The molecule has 2 heteroatoms. The minimum Gasteiger partial charge on any atom is -0.300 e. The van der Waals surface area contributed by atoms with Crippen LogP contribution in [0.1, 0.15) is 32.0 Å². The van der Waals surface area contributed by atoms with Gasteiger partial charge in [0.1, 0.15) is 0 Å². The Kier molecular flexibility index (Phi) is 4.60. The summed E-state index contributed by atoms with van der Waals surface area (Å²) in [4.78, 5) is 6.71. The summed E-state index contributed by atoms with van der Waals surface area (Å²) in [5.41, 5.74) is 2.57. The molecule has 0 spiro atoms. The van der Waals surface area contributed by atoms with Gasteiger partial charge >= 0.3 is 0 Å². The molecule has 0 radical (unpaired) electrons. The summed E-state index contributed by atoms with van der Waals surface area (Å²) in [5, 5.41) is 0. The number of hydrogen-bond donors (Lipinski definition) is 0. The Morgan fingerprint density at radius 1 is 1.21 bits per heavy atom. The largest absolute Gasteiger partial charge is 0.300 e. The zero-order valence-electron chi connectivity index (χ0n) is 9.45. The Bertz CT molecular complexity index is 267. The van der Waals surface area contributed by atoms with Crippen LogP contribution in [0.3, 0.4) is 0 Å². The number of aryl methyl sites for hydroxylation is 1. The SMILES string of the molecule is CCc1cc(CN(CC)CC)ccn1. The normalized spacial score (nSPS) is 10.9. The van der Waals surface area contributed by atoms with Crippen molar-refractivity contribution < 1.29 is 0 Å². The van der Waals surface area contributed by atoms with Crippen LogP contribution in [-0.2, 0) is 13.0 Å². The van der Waals surface area contributed by atoms with Gasteiger partial charge in [-0.2, -0.15) is 0 Å². The standard InChI is InChI=1S/C12H20N2/c1-4-12-9-11(7-8-13-12)10-14(5-2)6-3/h7-9H,4-6,10H2,1-3H3. The van der Waals surface area contributed by atoms with Gasteiger partial charge in [0.05, 0.1) is 0 Å². The van der Waals surface area contributed by atoms with E-state index in [1.54, 1.807) is 0 Å². The van der Waals surface area contributed by atoms with Gasteiger partial charge in [-0.15, -0.1) is 0 Å². The molecule has 2 nitrogen and oxygen atoms in total. The van der Waals surface area contributed by atoms with Crippen LogP contribution in [-0.4, -0.2) is 23.0 Å². The summed E-state index contributed by atoms with van der Waals surface area (Å²) in [6.45, 7) is 9.81. The minimum atomic E-state index is 1.02. The van der Waals surface area contributed by atoms with Crippen molar-refractivity contribution in [3.63, 3.8) is 0 Å². The molecule has 14 heavy (non-hydrogen) atoms. The molecule has 78 valence electrons. The number of rotatable bonds is 5. The van der Waals surface area contributed by atoms with E-state index in [0.29, 0.717) is 0 Å². The molecule has 1 heterocycles. The topological polar surface area (TPSA) is 16.1 Å². The lowest BCUT2D eigenvalue weighted by Gasteiger charge is -2.18. The lowest BCUT2D eigenvalue weighted by Crippen LogP contribution is -2.22. The summed E-state index contributed by atoms with van der Waals surface area (Å²) in [7, 11) is 0. The fraction of sp³-hybridized carbons (Fsp3) is 0.583. The van der Waals surface area contributed by atoms with E-state index in [2.05, 4.69) is 42.8 Å². The van der Waals surface area contributed by atoms with E-state index >= 15 is 0 Å². The Labute approximate surface area is 87.0 Å². The maximum atomic E-state index is 4.30. The molecular formula is C12H20N2. The number of nitrogens with zero attached hydrogens (tertiary/aromatic N) is 2. The van der Waals surface area contributed by atoms with Crippen molar-refractivity contribution in [3.05, 3.63) is 29.6 Å². The zero-order valence-corrected chi connectivity index (χ0v) is 9.45. The first-order chi connectivity index (χ1) is 6.80. The number of pyridine rings is 1. The molecule has 0 fully saturated rings. The van der Waals surface area contributed by atoms with Gasteiger partial charge in [-0.1, -0.05) is 20.8 Å². The highest BCUT2D eigenvalue weighted by Gasteiger charge is 2.01. The first-order valence-corrected chi connectivity index (χ1v) is 5.46. The van der Waals surface area contributed by atoms with Crippen molar-refractivity contribution in [1.29, 1.82) is 0 Å². The fourth-order valence-electron chi connectivity index (χ4n) is 1.53. The average Bonchev–Trinajstić information content (AvgIpc) is 2.26. The molecule has 0 N–H and O–H groups in total. The molecule has 0 saturated heterocycles. The van der Waals surface area contributed by atoms with Crippen molar-refractivity contribution in [2.24, 2.45) is 0 Å². The third kappa shape index (κ3) is 3.11. The molecule has 0 atom stereocenters. The van der Waals surface area contributed by atoms with Crippen LogP contribution >= 0.6 is 0 Å². The van der Waals surface area contributed by atoms with E-state index in [9.17, 15) is 0 Å². The maximum Gasteiger partial charge on any atom is 0.0404 e. The quantitative estimate of drug-likeness (QED) is 0.712. The van der Waals surface area contributed by atoms with Crippen molar-refractivity contribution >= 4 is 0 Å². The van der Waals surface area contributed by atoms with E-state index in [-0.39, 0.29) is 0 Å². The third-order valence-electron chi connectivity index (χ3n) is 2.54. The van der Waals surface area contributed by atoms with Crippen molar-refractivity contribution in [2.45, 2.75) is 33.7 Å². The third-order valence-corrected chi connectivity index (χ3v) is 2.54. The molecule has 1 rings (SSSR count). The molecule has 1 aromatic rings. The van der Waals surface area contributed by atoms with E-state index in [1.165, 1.54) is 11.3 Å². The second-order valence-electron chi connectivity index (χ2n) is 3.47. The van der Waals surface area contributed by atoms with E-state index in [0.717, 1.165) is 26.1 Å². The van der Waals surface area contributed by atoms with Crippen molar-refractivity contribution in [3.8, 4) is 0 Å². The predicted octanol–water partition coefficient (Wildman–Crippen LogP) is 2.49. The van der Waals surface area contributed by atoms with Crippen LogP contribution < -0.4 is 0 Å².